The minimum absolute atomic E-state index is 0.333. The average Bonchev–Trinajstić information content (AvgIpc) is 2.99. The van der Waals surface area contributed by atoms with Gasteiger partial charge in [-0.25, -0.2) is 4.21 Å². The standard InChI is InChI=1S/C23H29NOS/c1-15-10-16(2)22(17(3)11-15)21-13-18(12-19-8-7-9-20(19)21)14-24-26(25)23(4,5)6/h10-14H,7-9H2,1-6H3/b24-14-/t26-/m1/s1. The van der Waals surface area contributed by atoms with E-state index in [0.29, 0.717) is 0 Å². The van der Waals surface area contributed by atoms with Gasteiger partial charge in [-0.15, -0.1) is 0 Å². The lowest BCUT2D eigenvalue weighted by Crippen LogP contribution is -2.19. The third kappa shape index (κ3) is 3.83. The van der Waals surface area contributed by atoms with Crippen LogP contribution >= 0.6 is 0 Å². The SMILES string of the molecule is Cc1cc(C)c(-c2cc(/C=N\[S@](=O)C(C)(C)C)cc3c2CCC3)c(C)c1. The van der Waals surface area contributed by atoms with Gasteiger partial charge in [0.15, 0.2) is 0 Å². The van der Waals surface area contributed by atoms with E-state index < -0.39 is 11.0 Å². The van der Waals surface area contributed by atoms with Crippen LogP contribution in [0.4, 0.5) is 0 Å². The van der Waals surface area contributed by atoms with Crippen molar-refractivity contribution in [3.63, 3.8) is 0 Å². The molecule has 1 aliphatic rings. The fourth-order valence-corrected chi connectivity index (χ4v) is 4.43. The summed E-state index contributed by atoms with van der Waals surface area (Å²) in [7, 11) is -1.23. The summed E-state index contributed by atoms with van der Waals surface area (Å²) < 4.78 is 16.3. The fourth-order valence-electron chi connectivity index (χ4n) is 3.90. The molecule has 2 aromatic carbocycles. The van der Waals surface area contributed by atoms with Crippen molar-refractivity contribution in [1.82, 2.24) is 0 Å². The Kier molecular flexibility index (Phi) is 5.21. The lowest BCUT2D eigenvalue weighted by molar-refractivity contribution is 0.651. The van der Waals surface area contributed by atoms with Crippen molar-refractivity contribution in [3.8, 4) is 11.1 Å². The Bertz CT molecular complexity index is 880. The number of nitrogens with zero attached hydrogens (tertiary/aromatic N) is 1. The highest BCUT2D eigenvalue weighted by atomic mass is 32.2. The van der Waals surface area contributed by atoms with Crippen LogP contribution in [0.2, 0.25) is 0 Å². The Balaban J connectivity index is 2.11. The van der Waals surface area contributed by atoms with Gasteiger partial charge in [0, 0.05) is 6.21 Å². The van der Waals surface area contributed by atoms with Crippen molar-refractivity contribution in [2.75, 3.05) is 0 Å². The molecule has 0 aliphatic heterocycles. The second kappa shape index (κ2) is 7.11. The minimum Gasteiger partial charge on any atom is -0.234 e. The molecule has 3 rings (SSSR count). The van der Waals surface area contributed by atoms with E-state index >= 15 is 0 Å². The largest absolute Gasteiger partial charge is 0.234 e. The van der Waals surface area contributed by atoms with Crippen LogP contribution < -0.4 is 0 Å². The molecule has 0 heterocycles. The summed E-state index contributed by atoms with van der Waals surface area (Å²) in [6.07, 6.45) is 5.27. The zero-order valence-electron chi connectivity index (χ0n) is 16.8. The molecule has 2 aromatic rings. The number of aryl methyl sites for hydroxylation is 4. The normalized spacial score (nSPS) is 15.5. The first kappa shape index (κ1) is 19.0. The first-order chi connectivity index (χ1) is 12.2. The van der Waals surface area contributed by atoms with Gasteiger partial charge in [-0.3, -0.25) is 0 Å². The van der Waals surface area contributed by atoms with Gasteiger partial charge in [0.1, 0.15) is 11.0 Å². The van der Waals surface area contributed by atoms with E-state index in [2.05, 4.69) is 49.4 Å². The molecule has 0 saturated heterocycles. The average molecular weight is 368 g/mol. The quantitative estimate of drug-likeness (QED) is 0.645. The van der Waals surface area contributed by atoms with Crippen molar-refractivity contribution >= 4 is 17.2 Å². The Hall–Kier alpha value is -1.74. The van der Waals surface area contributed by atoms with Gasteiger partial charge < -0.3 is 0 Å². The lowest BCUT2D eigenvalue weighted by Gasteiger charge is -2.17. The fraction of sp³-hybridized carbons (Fsp3) is 0.435. The van der Waals surface area contributed by atoms with Crippen molar-refractivity contribution < 1.29 is 4.21 Å². The van der Waals surface area contributed by atoms with Crippen LogP contribution in [0.1, 0.15) is 60.6 Å². The zero-order chi connectivity index (χ0) is 19.1. The third-order valence-corrected chi connectivity index (χ3v) is 6.35. The van der Waals surface area contributed by atoms with Crippen LogP contribution in [0, 0.1) is 20.8 Å². The molecule has 3 heteroatoms. The van der Waals surface area contributed by atoms with Crippen molar-refractivity contribution in [3.05, 3.63) is 57.6 Å². The minimum atomic E-state index is -1.23. The monoisotopic (exact) mass is 367 g/mol. The Morgan fingerprint density at radius 1 is 1.00 bits per heavy atom. The molecule has 1 aliphatic carbocycles. The van der Waals surface area contributed by atoms with Gasteiger partial charge in [-0.1, -0.05) is 17.7 Å². The van der Waals surface area contributed by atoms with Crippen molar-refractivity contribution in [1.29, 1.82) is 0 Å². The van der Waals surface area contributed by atoms with E-state index in [-0.39, 0.29) is 4.75 Å². The first-order valence-electron chi connectivity index (χ1n) is 9.37. The van der Waals surface area contributed by atoms with Gasteiger partial charge in [-0.05, 0) is 112 Å². The molecule has 0 radical (unpaired) electrons. The highest BCUT2D eigenvalue weighted by molar-refractivity contribution is 7.85. The summed E-state index contributed by atoms with van der Waals surface area (Å²) in [5.74, 6) is 0. The van der Waals surface area contributed by atoms with Crippen LogP contribution in [0.25, 0.3) is 11.1 Å². The molecule has 0 N–H and O–H groups in total. The van der Waals surface area contributed by atoms with E-state index in [0.717, 1.165) is 18.4 Å². The zero-order valence-corrected chi connectivity index (χ0v) is 17.6. The van der Waals surface area contributed by atoms with Crippen molar-refractivity contribution in [2.45, 2.75) is 65.6 Å². The predicted molar refractivity (Wildman–Crippen MR) is 114 cm³/mol. The maximum Gasteiger partial charge on any atom is 0.144 e. The molecule has 0 saturated carbocycles. The van der Waals surface area contributed by atoms with E-state index in [4.69, 9.17) is 0 Å². The van der Waals surface area contributed by atoms with Crippen molar-refractivity contribution in [2.24, 2.45) is 4.40 Å². The molecule has 0 fully saturated rings. The van der Waals surface area contributed by atoms with Crippen LogP contribution in [-0.4, -0.2) is 15.2 Å². The molecular weight excluding hydrogens is 338 g/mol. The molecule has 26 heavy (non-hydrogen) atoms. The van der Waals surface area contributed by atoms with E-state index in [1.807, 2.05) is 20.8 Å². The third-order valence-electron chi connectivity index (χ3n) is 5.01. The molecule has 138 valence electrons. The summed E-state index contributed by atoms with van der Waals surface area (Å²) >= 11 is 0. The van der Waals surface area contributed by atoms with Gasteiger partial charge in [0.05, 0.1) is 4.75 Å². The van der Waals surface area contributed by atoms with E-state index in [9.17, 15) is 4.21 Å². The molecule has 0 spiro atoms. The number of hydrogen-bond donors (Lipinski definition) is 0. The highest BCUT2D eigenvalue weighted by Gasteiger charge is 2.21. The first-order valence-corrected chi connectivity index (χ1v) is 10.5. The molecule has 0 bridgehead atoms. The topological polar surface area (TPSA) is 29.4 Å². The summed E-state index contributed by atoms with van der Waals surface area (Å²) in [6, 6.07) is 8.99. The van der Waals surface area contributed by atoms with Crippen LogP contribution in [0.3, 0.4) is 0 Å². The van der Waals surface area contributed by atoms with Crippen LogP contribution in [0.5, 0.6) is 0 Å². The van der Waals surface area contributed by atoms with Gasteiger partial charge in [-0.2, -0.15) is 4.40 Å². The number of benzene rings is 2. The number of fused-ring (bicyclic) bond motifs is 1. The maximum absolute atomic E-state index is 12.3. The predicted octanol–water partition coefficient (Wildman–Crippen LogP) is 5.65. The maximum atomic E-state index is 12.3. The lowest BCUT2D eigenvalue weighted by atomic mass is 9.88. The molecule has 0 aromatic heterocycles. The van der Waals surface area contributed by atoms with E-state index in [1.165, 1.54) is 45.4 Å². The van der Waals surface area contributed by atoms with Crippen LogP contribution in [-0.2, 0) is 23.8 Å². The van der Waals surface area contributed by atoms with Gasteiger partial charge in [0.25, 0.3) is 0 Å². The summed E-state index contributed by atoms with van der Waals surface area (Å²) in [5, 5.41) is 0. The van der Waals surface area contributed by atoms with Crippen LogP contribution in [0.15, 0.2) is 28.7 Å². The highest BCUT2D eigenvalue weighted by Crippen LogP contribution is 2.37. The molecule has 1 atom stereocenters. The summed E-state index contributed by atoms with van der Waals surface area (Å²) in [5.41, 5.74) is 10.6. The molecule has 0 amide bonds. The Morgan fingerprint density at radius 2 is 1.65 bits per heavy atom. The Labute approximate surface area is 160 Å². The smallest absolute Gasteiger partial charge is 0.144 e. The summed E-state index contributed by atoms with van der Waals surface area (Å²) in [6.45, 7) is 12.4. The molecule has 0 unspecified atom stereocenters. The molecular formula is C23H29NOS. The second-order valence-corrected chi connectivity index (χ2v) is 10.4. The summed E-state index contributed by atoms with van der Waals surface area (Å²) in [4.78, 5) is 0. The number of hydrogen-bond acceptors (Lipinski definition) is 1. The number of rotatable bonds is 3. The van der Waals surface area contributed by atoms with Gasteiger partial charge in [0.2, 0.25) is 0 Å². The molecule has 2 nitrogen and oxygen atoms in total. The second-order valence-electron chi connectivity index (χ2n) is 8.43. The van der Waals surface area contributed by atoms with E-state index in [1.54, 1.807) is 6.21 Å². The Morgan fingerprint density at radius 3 is 2.27 bits per heavy atom. The van der Waals surface area contributed by atoms with Gasteiger partial charge >= 0.3 is 0 Å².